The van der Waals surface area contributed by atoms with Crippen molar-refractivity contribution in [3.8, 4) is 0 Å². The van der Waals surface area contributed by atoms with Crippen LogP contribution in [0.25, 0.3) is 0 Å². The molecule has 0 spiro atoms. The lowest BCUT2D eigenvalue weighted by Crippen LogP contribution is -2.71. The van der Waals surface area contributed by atoms with Crippen LogP contribution in [0, 0.1) is 0 Å². The lowest BCUT2D eigenvalue weighted by Gasteiger charge is -2.49. The summed E-state index contributed by atoms with van der Waals surface area (Å²) in [6, 6.07) is -1.10. The van der Waals surface area contributed by atoms with Gasteiger partial charge in [0, 0.05) is 18.6 Å². The summed E-state index contributed by atoms with van der Waals surface area (Å²) in [4.78, 5) is 65.0. The summed E-state index contributed by atoms with van der Waals surface area (Å²) in [6.45, 7) is 0. The van der Waals surface area contributed by atoms with Crippen molar-refractivity contribution in [3.63, 3.8) is 0 Å². The standard InChI is InChI=1S/C16H13ClN8O6S3/c1-24-16(21-22-23-24)33-3-5-2-32-13-7(12(29)25(13)8(5)14(30)31)19-11(28)9(27)6-10(17)34-15(20-6)18-4-26/h4,7,13H,2-3H2,1H3,(H,19,28)(H,30,31)(H,18,20,26)/t7?,13-/m0/s1. The van der Waals surface area contributed by atoms with Gasteiger partial charge in [-0.1, -0.05) is 34.7 Å². The summed E-state index contributed by atoms with van der Waals surface area (Å²) >= 11 is 9.20. The van der Waals surface area contributed by atoms with Crippen molar-refractivity contribution in [3.05, 3.63) is 21.3 Å². The van der Waals surface area contributed by atoms with Gasteiger partial charge in [0.05, 0.1) is 0 Å². The Balaban J connectivity index is 1.46. The molecule has 14 nitrogen and oxygen atoms in total. The summed E-state index contributed by atoms with van der Waals surface area (Å²) in [5.74, 6) is -3.63. The van der Waals surface area contributed by atoms with Gasteiger partial charge >= 0.3 is 5.97 Å². The molecule has 0 aliphatic carbocycles. The Morgan fingerprint density at radius 1 is 1.38 bits per heavy atom. The third-order valence-electron chi connectivity index (χ3n) is 4.68. The number of ketones is 1. The molecule has 2 aliphatic rings. The predicted molar refractivity (Wildman–Crippen MR) is 120 cm³/mol. The molecule has 3 N–H and O–H groups in total. The molecular formula is C16H13ClN8O6S3. The number of tetrazole rings is 1. The molecule has 2 aliphatic heterocycles. The van der Waals surface area contributed by atoms with Crippen LogP contribution in [-0.4, -0.2) is 88.1 Å². The highest BCUT2D eigenvalue weighted by atomic mass is 35.5. The number of halogens is 1. The Labute approximate surface area is 207 Å². The zero-order chi connectivity index (χ0) is 24.6. The molecule has 1 fully saturated rings. The maximum Gasteiger partial charge on any atom is 0.352 e. The third kappa shape index (κ3) is 4.38. The fourth-order valence-electron chi connectivity index (χ4n) is 3.16. The largest absolute Gasteiger partial charge is 0.477 e. The van der Waals surface area contributed by atoms with Crippen LogP contribution in [0.1, 0.15) is 10.5 Å². The number of carboxylic acid groups (broad SMARTS) is 1. The van der Waals surface area contributed by atoms with E-state index < -0.39 is 35.0 Å². The monoisotopic (exact) mass is 544 g/mol. The number of carbonyl (C=O) groups excluding carboxylic acids is 4. The molecule has 2 atom stereocenters. The second-order valence-corrected chi connectivity index (χ2v) is 10.4. The minimum absolute atomic E-state index is 0.0311. The Morgan fingerprint density at radius 2 is 2.15 bits per heavy atom. The fourth-order valence-corrected chi connectivity index (χ4v) is 6.49. The SMILES string of the molecule is Cn1nnnc1SCC1=C(C(=O)O)N2C(=O)C(NC(=O)C(=O)c3nc(NC=O)sc3Cl)[C@@H]2SC1. The number of carbonyl (C=O) groups is 5. The number of nitrogens with one attached hydrogen (secondary N) is 2. The number of nitrogens with zero attached hydrogens (tertiary/aromatic N) is 6. The number of fused-ring (bicyclic) bond motifs is 1. The summed E-state index contributed by atoms with van der Waals surface area (Å²) < 4.78 is 1.34. The Bertz CT molecular complexity index is 1250. The second kappa shape index (κ2) is 9.69. The minimum Gasteiger partial charge on any atom is -0.477 e. The van der Waals surface area contributed by atoms with Gasteiger partial charge in [-0.15, -0.1) is 16.9 Å². The molecule has 0 aromatic carbocycles. The molecule has 0 bridgehead atoms. The van der Waals surface area contributed by atoms with Crippen molar-refractivity contribution in [1.82, 2.24) is 35.4 Å². The van der Waals surface area contributed by atoms with Crippen molar-refractivity contribution in [1.29, 1.82) is 0 Å². The number of carboxylic acids is 1. The number of thiazole rings is 1. The van der Waals surface area contributed by atoms with Gasteiger partial charge in [0.15, 0.2) is 5.13 Å². The van der Waals surface area contributed by atoms with E-state index in [0.29, 0.717) is 17.1 Å². The van der Waals surface area contributed by atoms with Crippen molar-refractivity contribution >= 4 is 81.6 Å². The number of aliphatic carboxylic acids is 1. The molecule has 4 rings (SSSR count). The number of hydrogen-bond acceptors (Lipinski definition) is 12. The summed E-state index contributed by atoms with van der Waals surface area (Å²) in [5.41, 5.74) is -0.0297. The smallest absolute Gasteiger partial charge is 0.352 e. The lowest BCUT2D eigenvalue weighted by molar-refractivity contribution is -0.150. The molecule has 178 valence electrons. The summed E-state index contributed by atoms with van der Waals surface area (Å²) in [6.07, 6.45) is 0.343. The fraction of sp³-hybridized carbons (Fsp3) is 0.312. The van der Waals surface area contributed by atoms with Crippen LogP contribution >= 0.6 is 46.5 Å². The van der Waals surface area contributed by atoms with E-state index in [0.717, 1.165) is 16.2 Å². The molecule has 4 heterocycles. The van der Waals surface area contributed by atoms with Gasteiger partial charge in [-0.3, -0.25) is 24.1 Å². The number of anilines is 1. The van der Waals surface area contributed by atoms with Crippen LogP contribution in [0.4, 0.5) is 5.13 Å². The van der Waals surface area contributed by atoms with Crippen molar-refractivity contribution in [2.75, 3.05) is 16.8 Å². The van der Waals surface area contributed by atoms with Crippen LogP contribution in [0.3, 0.4) is 0 Å². The molecule has 18 heteroatoms. The van der Waals surface area contributed by atoms with E-state index in [2.05, 4.69) is 31.1 Å². The molecule has 34 heavy (non-hydrogen) atoms. The van der Waals surface area contributed by atoms with Gasteiger partial charge in [-0.25, -0.2) is 14.5 Å². The zero-order valence-electron chi connectivity index (χ0n) is 16.9. The Kier molecular flexibility index (Phi) is 6.87. The number of rotatable bonds is 9. The Morgan fingerprint density at radius 3 is 2.79 bits per heavy atom. The number of hydrogen-bond donors (Lipinski definition) is 3. The van der Waals surface area contributed by atoms with Crippen molar-refractivity contribution < 1.29 is 29.1 Å². The number of thioether (sulfide) groups is 2. The van der Waals surface area contributed by atoms with Crippen LogP contribution in [0.5, 0.6) is 0 Å². The molecule has 2 aromatic heterocycles. The maximum atomic E-state index is 12.8. The van der Waals surface area contributed by atoms with Gasteiger partial charge in [0.25, 0.3) is 17.6 Å². The predicted octanol–water partition coefficient (Wildman–Crippen LogP) is -0.398. The zero-order valence-corrected chi connectivity index (χ0v) is 20.1. The van der Waals surface area contributed by atoms with Crippen LogP contribution in [-0.2, 0) is 26.2 Å². The van der Waals surface area contributed by atoms with Crippen LogP contribution < -0.4 is 10.6 Å². The van der Waals surface area contributed by atoms with Gasteiger partial charge in [0.1, 0.15) is 27.1 Å². The quantitative estimate of drug-likeness (QED) is 0.122. The molecule has 1 unspecified atom stereocenters. The van der Waals surface area contributed by atoms with Gasteiger partial charge < -0.3 is 15.7 Å². The first-order valence-corrected chi connectivity index (χ1v) is 12.4. The highest BCUT2D eigenvalue weighted by Gasteiger charge is 2.54. The number of Topliss-reactive ketones (excluding diaryl/α,β-unsaturated/α-hetero) is 1. The molecule has 0 radical (unpaired) electrons. The van der Waals surface area contributed by atoms with Gasteiger partial charge in [-0.05, 0) is 16.0 Å². The maximum absolute atomic E-state index is 12.8. The number of amides is 3. The van der Waals surface area contributed by atoms with E-state index in [4.69, 9.17) is 11.6 Å². The van der Waals surface area contributed by atoms with E-state index in [-0.39, 0.29) is 32.4 Å². The number of aromatic nitrogens is 5. The van der Waals surface area contributed by atoms with E-state index in [1.165, 1.54) is 28.2 Å². The highest BCUT2D eigenvalue weighted by molar-refractivity contribution is 8.01. The average Bonchev–Trinajstić information content (AvgIpc) is 3.39. The van der Waals surface area contributed by atoms with E-state index in [1.54, 1.807) is 7.05 Å². The van der Waals surface area contributed by atoms with E-state index in [9.17, 15) is 29.1 Å². The van der Waals surface area contributed by atoms with E-state index in [1.807, 2.05) is 0 Å². The van der Waals surface area contributed by atoms with Crippen molar-refractivity contribution in [2.45, 2.75) is 16.6 Å². The van der Waals surface area contributed by atoms with Gasteiger partial charge in [0.2, 0.25) is 11.6 Å². The van der Waals surface area contributed by atoms with Crippen molar-refractivity contribution in [2.24, 2.45) is 7.05 Å². The van der Waals surface area contributed by atoms with Crippen LogP contribution in [0.15, 0.2) is 16.4 Å². The average molecular weight is 545 g/mol. The third-order valence-corrected chi connectivity index (χ3v) is 8.30. The normalized spacial score (nSPS) is 19.4. The summed E-state index contributed by atoms with van der Waals surface area (Å²) in [7, 11) is 1.65. The lowest BCUT2D eigenvalue weighted by atomic mass is 10.0. The van der Waals surface area contributed by atoms with Gasteiger partial charge in [-0.2, -0.15) is 0 Å². The highest BCUT2D eigenvalue weighted by Crippen LogP contribution is 2.41. The van der Waals surface area contributed by atoms with Crippen LogP contribution in [0.2, 0.25) is 4.34 Å². The molecule has 3 amide bonds. The minimum atomic E-state index is -1.28. The molecule has 2 aromatic rings. The molecular weight excluding hydrogens is 532 g/mol. The molecule has 0 saturated carbocycles. The summed E-state index contributed by atoms with van der Waals surface area (Å²) in [5, 5.41) is 25.2. The topological polar surface area (TPSA) is 189 Å². The number of β-lactam (4-membered cyclic amide) rings is 1. The molecule has 1 saturated heterocycles. The first-order valence-electron chi connectivity index (χ1n) is 9.19. The Hall–Kier alpha value is -3.02. The first kappa shape index (κ1) is 24.1. The first-order chi connectivity index (χ1) is 16.2. The van der Waals surface area contributed by atoms with E-state index >= 15 is 0 Å². The second-order valence-electron chi connectivity index (χ2n) is 6.72. The number of aryl methyl sites for hydroxylation is 1.